The van der Waals surface area contributed by atoms with Gasteiger partial charge in [0.25, 0.3) is 0 Å². The molecular weight excluding hydrogens is 253 g/mol. The molecule has 1 N–H and O–H groups in total. The number of aromatic nitrogens is 1. The number of nitrogens with zero attached hydrogens (tertiary/aromatic N) is 2. The van der Waals surface area contributed by atoms with Crippen molar-refractivity contribution in [2.75, 3.05) is 18.0 Å². The predicted molar refractivity (Wildman–Crippen MR) is 79.2 cm³/mol. The van der Waals surface area contributed by atoms with Gasteiger partial charge in [0.15, 0.2) is 0 Å². The van der Waals surface area contributed by atoms with Gasteiger partial charge in [0.2, 0.25) is 0 Å². The molecule has 2 aliphatic rings. The van der Waals surface area contributed by atoms with E-state index in [-0.39, 0.29) is 5.82 Å². The first-order valence-electron chi connectivity index (χ1n) is 7.74. The molecule has 2 fully saturated rings. The Morgan fingerprint density at radius 1 is 1.30 bits per heavy atom. The van der Waals surface area contributed by atoms with Gasteiger partial charge in [0, 0.05) is 31.2 Å². The van der Waals surface area contributed by atoms with Crippen molar-refractivity contribution in [1.29, 1.82) is 0 Å². The summed E-state index contributed by atoms with van der Waals surface area (Å²) in [6.45, 7) is 7.35. The van der Waals surface area contributed by atoms with Crippen LogP contribution in [0.25, 0.3) is 0 Å². The fourth-order valence-corrected chi connectivity index (χ4v) is 3.27. The minimum absolute atomic E-state index is 0.237. The molecule has 0 amide bonds. The first-order chi connectivity index (χ1) is 9.61. The molecule has 4 heteroatoms. The number of hydrogen-bond donors (Lipinski definition) is 1. The number of pyridine rings is 1. The standard InChI is InChI=1S/C16H24FN3/c1-11-5-12(2)10-20(9-11)16-13(6-14(17)8-19-16)7-18-15-3-4-15/h6,8,11-12,15,18H,3-5,7,9-10H2,1-2H3. The Hall–Kier alpha value is -1.16. The van der Waals surface area contributed by atoms with E-state index in [0.717, 1.165) is 31.0 Å². The monoisotopic (exact) mass is 277 g/mol. The molecular formula is C16H24FN3. The fraction of sp³-hybridized carbons (Fsp3) is 0.688. The molecule has 1 aromatic heterocycles. The zero-order chi connectivity index (χ0) is 14.1. The normalized spacial score (nSPS) is 26.9. The number of anilines is 1. The average Bonchev–Trinajstić information content (AvgIpc) is 3.19. The second kappa shape index (κ2) is 5.68. The SMILES string of the molecule is CC1CC(C)CN(c2ncc(F)cc2CNC2CC2)C1. The Kier molecular flexibility index (Phi) is 3.92. The highest BCUT2D eigenvalue weighted by Crippen LogP contribution is 2.28. The van der Waals surface area contributed by atoms with Crippen LogP contribution in [-0.4, -0.2) is 24.1 Å². The molecule has 1 aromatic rings. The van der Waals surface area contributed by atoms with Gasteiger partial charge in [0.05, 0.1) is 6.20 Å². The van der Waals surface area contributed by atoms with E-state index in [2.05, 4.69) is 29.0 Å². The van der Waals surface area contributed by atoms with Gasteiger partial charge in [0.1, 0.15) is 11.6 Å². The number of nitrogens with one attached hydrogen (secondary N) is 1. The van der Waals surface area contributed by atoms with Gasteiger partial charge in [-0.05, 0) is 37.2 Å². The highest BCUT2D eigenvalue weighted by atomic mass is 19.1. The summed E-state index contributed by atoms with van der Waals surface area (Å²) in [5.74, 6) is 2.09. The molecule has 0 aromatic carbocycles. The van der Waals surface area contributed by atoms with Crippen LogP contribution in [0.2, 0.25) is 0 Å². The van der Waals surface area contributed by atoms with Crippen LogP contribution in [0.3, 0.4) is 0 Å². The number of halogens is 1. The molecule has 2 atom stereocenters. The van der Waals surface area contributed by atoms with Gasteiger partial charge in [-0.3, -0.25) is 0 Å². The zero-order valence-corrected chi connectivity index (χ0v) is 12.4. The maximum Gasteiger partial charge on any atom is 0.141 e. The smallest absolute Gasteiger partial charge is 0.141 e. The van der Waals surface area contributed by atoms with E-state index in [9.17, 15) is 4.39 Å². The van der Waals surface area contributed by atoms with Gasteiger partial charge in [-0.1, -0.05) is 13.8 Å². The lowest BCUT2D eigenvalue weighted by Crippen LogP contribution is -2.40. The molecule has 1 saturated carbocycles. The first-order valence-corrected chi connectivity index (χ1v) is 7.74. The number of hydrogen-bond acceptors (Lipinski definition) is 3. The van der Waals surface area contributed by atoms with E-state index in [1.165, 1.54) is 25.5 Å². The summed E-state index contributed by atoms with van der Waals surface area (Å²) in [4.78, 5) is 6.72. The Morgan fingerprint density at radius 2 is 2.00 bits per heavy atom. The third kappa shape index (κ3) is 3.29. The molecule has 1 saturated heterocycles. The van der Waals surface area contributed by atoms with Crippen molar-refractivity contribution in [2.45, 2.75) is 45.7 Å². The van der Waals surface area contributed by atoms with Crippen LogP contribution < -0.4 is 10.2 Å². The van der Waals surface area contributed by atoms with Crippen LogP contribution in [0.1, 0.15) is 38.7 Å². The van der Waals surface area contributed by atoms with Crippen LogP contribution in [0.5, 0.6) is 0 Å². The average molecular weight is 277 g/mol. The van der Waals surface area contributed by atoms with Crippen LogP contribution in [0.15, 0.2) is 12.3 Å². The molecule has 0 spiro atoms. The lowest BCUT2D eigenvalue weighted by atomic mass is 9.91. The molecule has 110 valence electrons. The van der Waals surface area contributed by atoms with Gasteiger partial charge in [-0.25, -0.2) is 9.37 Å². The molecule has 3 rings (SSSR count). The van der Waals surface area contributed by atoms with Crippen molar-refractivity contribution in [3.63, 3.8) is 0 Å². The summed E-state index contributed by atoms with van der Waals surface area (Å²) in [5.41, 5.74) is 0.998. The quantitative estimate of drug-likeness (QED) is 0.917. The summed E-state index contributed by atoms with van der Waals surface area (Å²) < 4.78 is 13.5. The molecule has 2 unspecified atom stereocenters. The first kappa shape index (κ1) is 13.8. The highest BCUT2D eigenvalue weighted by molar-refractivity contribution is 5.47. The largest absolute Gasteiger partial charge is 0.356 e. The van der Waals surface area contributed by atoms with Gasteiger partial charge < -0.3 is 10.2 Å². The Balaban J connectivity index is 1.79. The van der Waals surface area contributed by atoms with Crippen LogP contribution in [0.4, 0.5) is 10.2 Å². The van der Waals surface area contributed by atoms with Crippen molar-refractivity contribution < 1.29 is 4.39 Å². The minimum Gasteiger partial charge on any atom is -0.356 e. The number of piperidine rings is 1. The van der Waals surface area contributed by atoms with E-state index >= 15 is 0 Å². The van der Waals surface area contributed by atoms with Crippen molar-refractivity contribution in [3.05, 3.63) is 23.6 Å². The molecule has 0 radical (unpaired) electrons. The highest BCUT2D eigenvalue weighted by Gasteiger charge is 2.26. The van der Waals surface area contributed by atoms with Gasteiger partial charge >= 0.3 is 0 Å². The molecule has 3 nitrogen and oxygen atoms in total. The van der Waals surface area contributed by atoms with Crippen molar-refractivity contribution >= 4 is 5.82 Å². The zero-order valence-electron chi connectivity index (χ0n) is 12.4. The van der Waals surface area contributed by atoms with E-state index in [1.54, 1.807) is 6.07 Å². The molecule has 1 aliphatic heterocycles. The maximum absolute atomic E-state index is 13.5. The summed E-state index contributed by atoms with van der Waals surface area (Å²) in [6, 6.07) is 2.27. The topological polar surface area (TPSA) is 28.2 Å². The van der Waals surface area contributed by atoms with Crippen molar-refractivity contribution in [3.8, 4) is 0 Å². The lowest BCUT2D eigenvalue weighted by Gasteiger charge is -2.36. The van der Waals surface area contributed by atoms with Crippen molar-refractivity contribution in [1.82, 2.24) is 10.3 Å². The summed E-state index contributed by atoms with van der Waals surface area (Å²) in [6.07, 6.45) is 5.11. The van der Waals surface area contributed by atoms with Gasteiger partial charge in [-0.15, -0.1) is 0 Å². The van der Waals surface area contributed by atoms with E-state index in [0.29, 0.717) is 17.9 Å². The molecule has 1 aliphatic carbocycles. The fourth-order valence-electron chi connectivity index (χ4n) is 3.27. The minimum atomic E-state index is -0.237. The lowest BCUT2D eigenvalue weighted by molar-refractivity contribution is 0.354. The predicted octanol–water partition coefficient (Wildman–Crippen LogP) is 2.96. The Labute approximate surface area is 120 Å². The van der Waals surface area contributed by atoms with E-state index in [4.69, 9.17) is 0 Å². The van der Waals surface area contributed by atoms with Crippen LogP contribution >= 0.6 is 0 Å². The third-order valence-electron chi connectivity index (χ3n) is 4.24. The number of rotatable bonds is 4. The Morgan fingerprint density at radius 3 is 2.65 bits per heavy atom. The molecule has 20 heavy (non-hydrogen) atoms. The van der Waals surface area contributed by atoms with Gasteiger partial charge in [-0.2, -0.15) is 0 Å². The third-order valence-corrected chi connectivity index (χ3v) is 4.24. The Bertz CT molecular complexity index is 463. The van der Waals surface area contributed by atoms with Crippen LogP contribution in [0, 0.1) is 17.7 Å². The van der Waals surface area contributed by atoms with E-state index < -0.39 is 0 Å². The molecule has 2 heterocycles. The van der Waals surface area contributed by atoms with Crippen molar-refractivity contribution in [2.24, 2.45) is 11.8 Å². The van der Waals surface area contributed by atoms with Crippen LogP contribution in [-0.2, 0) is 6.54 Å². The summed E-state index contributed by atoms with van der Waals surface area (Å²) in [5, 5.41) is 3.47. The summed E-state index contributed by atoms with van der Waals surface area (Å²) in [7, 11) is 0. The second-order valence-electron chi connectivity index (χ2n) is 6.64. The maximum atomic E-state index is 13.5. The second-order valence-corrected chi connectivity index (χ2v) is 6.64. The molecule has 0 bridgehead atoms. The van der Waals surface area contributed by atoms with E-state index in [1.807, 2.05) is 0 Å². The summed E-state index contributed by atoms with van der Waals surface area (Å²) >= 11 is 0.